The second kappa shape index (κ2) is 6.37. The van der Waals surface area contributed by atoms with E-state index in [-0.39, 0.29) is 17.6 Å². The molecule has 0 spiro atoms. The topological polar surface area (TPSA) is 38.7 Å². The summed E-state index contributed by atoms with van der Waals surface area (Å²) in [6.45, 7) is 11.4. The summed E-state index contributed by atoms with van der Waals surface area (Å²) in [5.74, 6) is 0.921. The van der Waals surface area contributed by atoms with Crippen molar-refractivity contribution in [3.05, 3.63) is 29.3 Å². The molecule has 3 nitrogen and oxygen atoms in total. The van der Waals surface area contributed by atoms with Gasteiger partial charge in [0.05, 0.1) is 6.10 Å². The molecule has 0 heterocycles. The summed E-state index contributed by atoms with van der Waals surface area (Å²) >= 11 is 0. The van der Waals surface area contributed by atoms with E-state index >= 15 is 0 Å². The molecule has 1 fully saturated rings. The molecule has 3 unspecified atom stereocenters. The van der Waals surface area contributed by atoms with E-state index in [4.69, 9.17) is 9.47 Å². The zero-order valence-electron chi connectivity index (χ0n) is 13.8. The number of aryl methyl sites for hydroxylation is 1. The third-order valence-corrected chi connectivity index (χ3v) is 3.96. The second-order valence-electron chi connectivity index (χ2n) is 7.04. The van der Waals surface area contributed by atoms with E-state index in [0.29, 0.717) is 13.0 Å². The van der Waals surface area contributed by atoms with E-state index in [0.717, 1.165) is 12.2 Å². The number of rotatable bonds is 5. The average molecular weight is 292 g/mol. The molecule has 1 aliphatic carbocycles. The monoisotopic (exact) mass is 292 g/mol. The fourth-order valence-electron chi connectivity index (χ4n) is 2.66. The van der Waals surface area contributed by atoms with E-state index < -0.39 is 6.10 Å². The van der Waals surface area contributed by atoms with Gasteiger partial charge in [-0.15, -0.1) is 0 Å². The van der Waals surface area contributed by atoms with Gasteiger partial charge in [-0.2, -0.15) is 0 Å². The van der Waals surface area contributed by atoms with Crippen LogP contribution in [-0.4, -0.2) is 30.0 Å². The van der Waals surface area contributed by atoms with Gasteiger partial charge >= 0.3 is 0 Å². The third kappa shape index (κ3) is 3.78. The van der Waals surface area contributed by atoms with Crippen molar-refractivity contribution in [1.29, 1.82) is 0 Å². The Morgan fingerprint density at radius 3 is 2.57 bits per heavy atom. The SMILES string of the molecule is CCCOC1C(O)CC1Oc1cc(C)ccc1C(C)(C)C. The normalized spacial score (nSPS) is 25.5. The number of aliphatic hydroxyl groups excluding tert-OH is 1. The molecule has 0 aromatic heterocycles. The highest BCUT2D eigenvalue weighted by Crippen LogP contribution is 2.36. The molecule has 21 heavy (non-hydrogen) atoms. The summed E-state index contributed by atoms with van der Waals surface area (Å²) in [5, 5.41) is 9.86. The van der Waals surface area contributed by atoms with Crippen molar-refractivity contribution in [3.8, 4) is 5.75 Å². The Bertz CT molecular complexity index is 476. The predicted molar refractivity (Wildman–Crippen MR) is 84.9 cm³/mol. The summed E-state index contributed by atoms with van der Waals surface area (Å²) < 4.78 is 11.9. The first-order valence-electron chi connectivity index (χ1n) is 7.90. The van der Waals surface area contributed by atoms with Crippen molar-refractivity contribution in [2.24, 2.45) is 0 Å². The maximum absolute atomic E-state index is 9.86. The minimum Gasteiger partial charge on any atom is -0.487 e. The van der Waals surface area contributed by atoms with E-state index in [1.165, 1.54) is 11.1 Å². The molecule has 1 saturated carbocycles. The fourth-order valence-corrected chi connectivity index (χ4v) is 2.66. The molecule has 0 radical (unpaired) electrons. The van der Waals surface area contributed by atoms with Crippen molar-refractivity contribution in [3.63, 3.8) is 0 Å². The van der Waals surface area contributed by atoms with Crippen LogP contribution in [0.15, 0.2) is 18.2 Å². The lowest BCUT2D eigenvalue weighted by Crippen LogP contribution is -2.55. The molecule has 1 N–H and O–H groups in total. The van der Waals surface area contributed by atoms with Crippen LogP contribution in [0.2, 0.25) is 0 Å². The van der Waals surface area contributed by atoms with Crippen LogP contribution >= 0.6 is 0 Å². The molecule has 2 rings (SSSR count). The Morgan fingerprint density at radius 2 is 2.00 bits per heavy atom. The Kier molecular flexibility index (Phi) is 4.95. The Hall–Kier alpha value is -1.06. The molecule has 1 aromatic rings. The van der Waals surface area contributed by atoms with Crippen molar-refractivity contribution < 1.29 is 14.6 Å². The third-order valence-electron chi connectivity index (χ3n) is 3.96. The Labute approximate surface area is 128 Å². The van der Waals surface area contributed by atoms with E-state index in [1.807, 2.05) is 0 Å². The Morgan fingerprint density at radius 1 is 1.29 bits per heavy atom. The maximum atomic E-state index is 9.86. The zero-order chi connectivity index (χ0) is 15.6. The molecular formula is C18H28O3. The summed E-state index contributed by atoms with van der Waals surface area (Å²) in [6.07, 6.45) is 0.955. The quantitative estimate of drug-likeness (QED) is 0.901. The van der Waals surface area contributed by atoms with Gasteiger partial charge in [0.1, 0.15) is 18.0 Å². The number of hydrogen-bond acceptors (Lipinski definition) is 3. The predicted octanol–water partition coefficient (Wildman–Crippen LogP) is 3.60. The molecule has 3 atom stereocenters. The minimum atomic E-state index is -0.399. The van der Waals surface area contributed by atoms with Gasteiger partial charge in [0.15, 0.2) is 0 Å². The summed E-state index contributed by atoms with van der Waals surface area (Å²) in [7, 11) is 0. The molecule has 1 aliphatic rings. The van der Waals surface area contributed by atoms with E-state index in [1.54, 1.807) is 0 Å². The highest BCUT2D eigenvalue weighted by molar-refractivity contribution is 5.41. The van der Waals surface area contributed by atoms with E-state index in [9.17, 15) is 5.11 Å². The second-order valence-corrected chi connectivity index (χ2v) is 7.04. The average Bonchev–Trinajstić information content (AvgIpc) is 2.37. The van der Waals surface area contributed by atoms with Crippen LogP contribution < -0.4 is 4.74 Å². The van der Waals surface area contributed by atoms with Crippen LogP contribution in [0.25, 0.3) is 0 Å². The van der Waals surface area contributed by atoms with Crippen LogP contribution in [-0.2, 0) is 10.2 Å². The first-order valence-corrected chi connectivity index (χ1v) is 7.90. The fraction of sp³-hybridized carbons (Fsp3) is 0.667. The highest BCUT2D eigenvalue weighted by atomic mass is 16.6. The molecular weight excluding hydrogens is 264 g/mol. The molecule has 0 bridgehead atoms. The van der Waals surface area contributed by atoms with Crippen molar-refractivity contribution >= 4 is 0 Å². The van der Waals surface area contributed by atoms with E-state index in [2.05, 4.69) is 52.8 Å². The molecule has 118 valence electrons. The molecule has 0 saturated heterocycles. The van der Waals surface area contributed by atoms with Gasteiger partial charge in [-0.1, -0.05) is 39.8 Å². The molecule has 0 aliphatic heterocycles. The maximum Gasteiger partial charge on any atom is 0.130 e. The van der Waals surface area contributed by atoms with Crippen LogP contribution in [0.4, 0.5) is 0 Å². The van der Waals surface area contributed by atoms with Crippen molar-refractivity contribution in [2.75, 3.05) is 6.61 Å². The first-order chi connectivity index (χ1) is 9.82. The lowest BCUT2D eigenvalue weighted by Gasteiger charge is -2.41. The number of ether oxygens (including phenoxy) is 2. The molecule has 0 amide bonds. The van der Waals surface area contributed by atoms with Gasteiger partial charge in [-0.25, -0.2) is 0 Å². The Balaban J connectivity index is 2.14. The lowest BCUT2D eigenvalue weighted by molar-refractivity contribution is -0.162. The first kappa shape index (κ1) is 16.3. The van der Waals surface area contributed by atoms with Gasteiger partial charge in [0.25, 0.3) is 0 Å². The van der Waals surface area contributed by atoms with Crippen LogP contribution in [0, 0.1) is 6.92 Å². The number of benzene rings is 1. The van der Waals surface area contributed by atoms with Crippen LogP contribution in [0.1, 0.15) is 51.7 Å². The zero-order valence-corrected chi connectivity index (χ0v) is 13.8. The summed E-state index contributed by atoms with van der Waals surface area (Å²) in [6, 6.07) is 6.35. The van der Waals surface area contributed by atoms with Gasteiger partial charge in [0, 0.05) is 13.0 Å². The smallest absolute Gasteiger partial charge is 0.130 e. The number of hydrogen-bond donors (Lipinski definition) is 1. The van der Waals surface area contributed by atoms with Crippen LogP contribution in [0.5, 0.6) is 5.75 Å². The van der Waals surface area contributed by atoms with Gasteiger partial charge in [-0.3, -0.25) is 0 Å². The molecule has 3 heteroatoms. The lowest BCUT2D eigenvalue weighted by atomic mass is 9.85. The molecule has 1 aromatic carbocycles. The largest absolute Gasteiger partial charge is 0.487 e. The summed E-state index contributed by atoms with van der Waals surface area (Å²) in [5.41, 5.74) is 2.41. The van der Waals surface area contributed by atoms with Gasteiger partial charge in [0.2, 0.25) is 0 Å². The standard InChI is InChI=1S/C18H28O3/c1-6-9-20-17-14(19)11-16(17)21-15-10-12(2)7-8-13(15)18(3,4)5/h7-8,10,14,16-17,19H,6,9,11H2,1-5H3. The van der Waals surface area contributed by atoms with Crippen molar-refractivity contribution in [2.45, 2.75) is 71.2 Å². The summed E-state index contributed by atoms with van der Waals surface area (Å²) in [4.78, 5) is 0. The van der Waals surface area contributed by atoms with Crippen LogP contribution in [0.3, 0.4) is 0 Å². The van der Waals surface area contributed by atoms with Gasteiger partial charge < -0.3 is 14.6 Å². The highest BCUT2D eigenvalue weighted by Gasteiger charge is 2.43. The number of aliphatic hydroxyl groups is 1. The minimum absolute atomic E-state index is 0.0329. The van der Waals surface area contributed by atoms with Crippen molar-refractivity contribution in [1.82, 2.24) is 0 Å². The van der Waals surface area contributed by atoms with Gasteiger partial charge in [-0.05, 0) is 36.0 Å².